The van der Waals surface area contributed by atoms with Crippen LogP contribution in [0.25, 0.3) is 0 Å². The van der Waals surface area contributed by atoms with E-state index in [1.165, 1.54) is 5.56 Å². The van der Waals surface area contributed by atoms with Crippen LogP contribution in [-0.4, -0.2) is 26.1 Å². The summed E-state index contributed by atoms with van der Waals surface area (Å²) < 4.78 is 0. The van der Waals surface area contributed by atoms with Crippen molar-refractivity contribution in [2.75, 3.05) is 13.6 Å². The number of rotatable bonds is 6. The molecule has 0 saturated carbocycles. The van der Waals surface area contributed by atoms with E-state index in [0.29, 0.717) is 0 Å². The van der Waals surface area contributed by atoms with E-state index in [0.717, 1.165) is 25.3 Å². The van der Waals surface area contributed by atoms with Crippen molar-refractivity contribution in [1.82, 2.24) is 10.7 Å². The van der Waals surface area contributed by atoms with Crippen LogP contribution in [0.2, 0.25) is 0 Å². The summed E-state index contributed by atoms with van der Waals surface area (Å²) in [6, 6.07) is 10.3. The highest BCUT2D eigenvalue weighted by molar-refractivity contribution is 5.82. The summed E-state index contributed by atoms with van der Waals surface area (Å²) in [6.07, 6.45) is 0.822. The molecule has 0 spiro atoms. The molecule has 2 N–H and O–H groups in total. The third kappa shape index (κ3) is 4.70. The predicted octanol–water partition coefficient (Wildman–Crippen LogP) is 1.40. The summed E-state index contributed by atoms with van der Waals surface area (Å²) in [4.78, 5) is 4.05. The molecular weight excluding hydrogens is 200 g/mol. The third-order valence-corrected chi connectivity index (χ3v) is 2.19. The van der Waals surface area contributed by atoms with Crippen molar-refractivity contribution in [1.29, 1.82) is 0 Å². The molecule has 0 unspecified atom stereocenters. The standard InChI is InChI=1S/C12H18N4/c1-13-12(16-14-2)8-9-15-10-11-6-4-3-5-7-11/h3-7,15H,2,8-10H2,1H3,(H,13,16). The van der Waals surface area contributed by atoms with Crippen LogP contribution in [0.4, 0.5) is 0 Å². The van der Waals surface area contributed by atoms with Crippen LogP contribution in [-0.2, 0) is 6.54 Å². The molecule has 4 heteroatoms. The molecule has 0 atom stereocenters. The second-order valence-corrected chi connectivity index (χ2v) is 3.35. The van der Waals surface area contributed by atoms with Crippen molar-refractivity contribution >= 4 is 12.6 Å². The molecule has 0 radical (unpaired) electrons. The topological polar surface area (TPSA) is 48.8 Å². The van der Waals surface area contributed by atoms with Gasteiger partial charge in [0.1, 0.15) is 5.84 Å². The van der Waals surface area contributed by atoms with Gasteiger partial charge in [-0.05, 0) is 5.56 Å². The van der Waals surface area contributed by atoms with E-state index >= 15 is 0 Å². The molecule has 0 aliphatic rings. The average molecular weight is 218 g/mol. The molecule has 4 nitrogen and oxygen atoms in total. The lowest BCUT2D eigenvalue weighted by molar-refractivity contribution is 0.697. The Morgan fingerprint density at radius 2 is 2.06 bits per heavy atom. The Hall–Kier alpha value is -1.68. The molecule has 0 fully saturated rings. The lowest BCUT2D eigenvalue weighted by Gasteiger charge is -2.06. The van der Waals surface area contributed by atoms with Crippen LogP contribution in [0, 0.1) is 0 Å². The molecule has 0 aromatic heterocycles. The van der Waals surface area contributed by atoms with Gasteiger partial charge in [0.15, 0.2) is 0 Å². The van der Waals surface area contributed by atoms with Gasteiger partial charge in [-0.2, -0.15) is 5.10 Å². The molecule has 1 rings (SSSR count). The highest BCUT2D eigenvalue weighted by Crippen LogP contribution is 1.96. The third-order valence-electron chi connectivity index (χ3n) is 2.19. The smallest absolute Gasteiger partial charge is 0.117 e. The van der Waals surface area contributed by atoms with E-state index in [9.17, 15) is 0 Å². The van der Waals surface area contributed by atoms with Crippen LogP contribution < -0.4 is 10.7 Å². The second-order valence-electron chi connectivity index (χ2n) is 3.35. The van der Waals surface area contributed by atoms with Crippen molar-refractivity contribution in [3.05, 3.63) is 35.9 Å². The first-order chi connectivity index (χ1) is 7.86. The number of hydrogen-bond acceptors (Lipinski definition) is 3. The zero-order chi connectivity index (χ0) is 11.6. The molecule has 16 heavy (non-hydrogen) atoms. The number of hydrazone groups is 1. The Morgan fingerprint density at radius 3 is 2.69 bits per heavy atom. The van der Waals surface area contributed by atoms with Gasteiger partial charge in [0.05, 0.1) is 0 Å². The fraction of sp³-hybridized carbons (Fsp3) is 0.333. The Bertz CT molecular complexity index is 332. The van der Waals surface area contributed by atoms with E-state index in [-0.39, 0.29) is 0 Å². The molecule has 0 aliphatic heterocycles. The zero-order valence-corrected chi connectivity index (χ0v) is 9.61. The normalized spacial score (nSPS) is 11.2. The van der Waals surface area contributed by atoms with Gasteiger partial charge in [-0.3, -0.25) is 10.4 Å². The number of benzene rings is 1. The number of hydrogen-bond donors (Lipinski definition) is 2. The minimum absolute atomic E-state index is 0.822. The lowest BCUT2D eigenvalue weighted by atomic mass is 10.2. The van der Waals surface area contributed by atoms with Gasteiger partial charge >= 0.3 is 0 Å². The first-order valence-corrected chi connectivity index (χ1v) is 5.29. The number of aliphatic imine (C=N–C) groups is 1. The predicted molar refractivity (Wildman–Crippen MR) is 68.8 cm³/mol. The number of nitrogens with zero attached hydrogens (tertiary/aromatic N) is 2. The largest absolute Gasteiger partial charge is 0.312 e. The quantitative estimate of drug-likeness (QED) is 0.328. The molecule has 86 valence electrons. The molecule has 0 heterocycles. The maximum absolute atomic E-state index is 4.05. The fourth-order valence-electron chi connectivity index (χ4n) is 1.34. The monoisotopic (exact) mass is 218 g/mol. The van der Waals surface area contributed by atoms with Gasteiger partial charge in [-0.1, -0.05) is 30.3 Å². The highest BCUT2D eigenvalue weighted by Gasteiger charge is 1.96. The summed E-state index contributed by atoms with van der Waals surface area (Å²) in [7, 11) is 1.74. The maximum Gasteiger partial charge on any atom is 0.117 e. The van der Waals surface area contributed by atoms with Gasteiger partial charge < -0.3 is 5.32 Å². The van der Waals surface area contributed by atoms with Crippen molar-refractivity contribution in [2.24, 2.45) is 10.1 Å². The summed E-state index contributed by atoms with van der Waals surface area (Å²) in [5.74, 6) is 0.843. The highest BCUT2D eigenvalue weighted by atomic mass is 15.3. The zero-order valence-electron chi connectivity index (χ0n) is 9.61. The summed E-state index contributed by atoms with van der Waals surface area (Å²) in [6.45, 7) is 5.10. The van der Waals surface area contributed by atoms with Crippen LogP contribution >= 0.6 is 0 Å². The van der Waals surface area contributed by atoms with Gasteiger partial charge in [0, 0.05) is 33.3 Å². The van der Waals surface area contributed by atoms with E-state index in [4.69, 9.17) is 0 Å². The lowest BCUT2D eigenvalue weighted by Crippen LogP contribution is -2.24. The van der Waals surface area contributed by atoms with Gasteiger partial charge in [-0.15, -0.1) is 0 Å². The number of amidine groups is 1. The average Bonchev–Trinajstić information content (AvgIpc) is 2.34. The van der Waals surface area contributed by atoms with Crippen LogP contribution in [0.1, 0.15) is 12.0 Å². The first-order valence-electron chi connectivity index (χ1n) is 5.29. The Morgan fingerprint density at radius 1 is 1.31 bits per heavy atom. The molecule has 1 aromatic rings. The van der Waals surface area contributed by atoms with Crippen molar-refractivity contribution in [3.8, 4) is 0 Å². The Balaban J connectivity index is 2.19. The SMILES string of the molecule is C=NNC(CCNCc1ccccc1)=NC. The Labute approximate surface area is 96.5 Å². The van der Waals surface area contributed by atoms with E-state index in [1.54, 1.807) is 7.05 Å². The van der Waals surface area contributed by atoms with Crippen LogP contribution in [0.3, 0.4) is 0 Å². The fourth-order valence-corrected chi connectivity index (χ4v) is 1.34. The molecular formula is C12H18N4. The minimum Gasteiger partial charge on any atom is -0.312 e. The molecule has 0 amide bonds. The van der Waals surface area contributed by atoms with Crippen molar-refractivity contribution < 1.29 is 0 Å². The van der Waals surface area contributed by atoms with Crippen LogP contribution in [0.5, 0.6) is 0 Å². The van der Waals surface area contributed by atoms with Crippen molar-refractivity contribution in [3.63, 3.8) is 0 Å². The van der Waals surface area contributed by atoms with Gasteiger partial charge in [-0.25, -0.2) is 0 Å². The maximum atomic E-state index is 4.05. The van der Waals surface area contributed by atoms with E-state index < -0.39 is 0 Å². The van der Waals surface area contributed by atoms with Gasteiger partial charge in [0.25, 0.3) is 0 Å². The minimum atomic E-state index is 0.822. The molecule has 0 saturated heterocycles. The van der Waals surface area contributed by atoms with E-state index in [1.807, 2.05) is 18.2 Å². The first kappa shape index (κ1) is 12.4. The number of nitrogens with one attached hydrogen (secondary N) is 2. The summed E-state index contributed by atoms with van der Waals surface area (Å²) in [5, 5.41) is 6.93. The van der Waals surface area contributed by atoms with Crippen LogP contribution in [0.15, 0.2) is 40.4 Å². The summed E-state index contributed by atoms with van der Waals surface area (Å²) >= 11 is 0. The second kappa shape index (κ2) is 7.59. The molecule has 0 aliphatic carbocycles. The molecule has 1 aromatic carbocycles. The van der Waals surface area contributed by atoms with Crippen molar-refractivity contribution in [2.45, 2.75) is 13.0 Å². The van der Waals surface area contributed by atoms with Gasteiger partial charge in [0.2, 0.25) is 0 Å². The summed E-state index contributed by atoms with van der Waals surface area (Å²) in [5.41, 5.74) is 4.04. The Kier molecular flexibility index (Phi) is 5.88. The van der Waals surface area contributed by atoms with E-state index in [2.05, 4.69) is 39.7 Å². The molecule has 0 bridgehead atoms.